The number of hydrogen-bond acceptors (Lipinski definition) is 5. The van der Waals surface area contributed by atoms with E-state index in [1.54, 1.807) is 17.6 Å². The number of nitrogens with zero attached hydrogens (tertiary/aromatic N) is 2. The number of benzene rings is 1. The van der Waals surface area contributed by atoms with Crippen LogP contribution in [0.4, 0.5) is 5.69 Å². The summed E-state index contributed by atoms with van der Waals surface area (Å²) in [6.07, 6.45) is 3.44. The van der Waals surface area contributed by atoms with Gasteiger partial charge in [0.2, 0.25) is 0 Å². The molecule has 0 spiro atoms. The SMILES string of the molecule is c1cc(NCc2cn[nH]c2-c2ccsc2)cc(-c2ccon2)c1. The molecule has 4 rings (SSSR count). The van der Waals surface area contributed by atoms with Crippen molar-refractivity contribution in [2.45, 2.75) is 6.54 Å². The van der Waals surface area contributed by atoms with Gasteiger partial charge in [0.1, 0.15) is 12.0 Å². The molecule has 1 aromatic carbocycles. The minimum Gasteiger partial charge on any atom is -0.381 e. The van der Waals surface area contributed by atoms with Gasteiger partial charge in [-0.05, 0) is 23.6 Å². The average Bonchev–Trinajstić information content (AvgIpc) is 3.35. The lowest BCUT2D eigenvalue weighted by Crippen LogP contribution is -1.99. The molecule has 0 fully saturated rings. The van der Waals surface area contributed by atoms with Gasteiger partial charge >= 0.3 is 0 Å². The molecule has 0 radical (unpaired) electrons. The molecule has 23 heavy (non-hydrogen) atoms. The summed E-state index contributed by atoms with van der Waals surface area (Å²) < 4.78 is 4.90. The predicted molar refractivity (Wildman–Crippen MR) is 91.2 cm³/mol. The maximum Gasteiger partial charge on any atom is 0.124 e. The lowest BCUT2D eigenvalue weighted by molar-refractivity contribution is 0.422. The molecule has 0 saturated heterocycles. The molecule has 3 aromatic heterocycles. The molecule has 0 saturated carbocycles. The second-order valence-corrected chi connectivity index (χ2v) is 5.88. The van der Waals surface area contributed by atoms with Crippen molar-refractivity contribution in [3.8, 4) is 22.5 Å². The fraction of sp³-hybridized carbons (Fsp3) is 0.0588. The van der Waals surface area contributed by atoms with Crippen LogP contribution in [0.2, 0.25) is 0 Å². The fourth-order valence-corrected chi connectivity index (χ4v) is 3.10. The number of thiophene rings is 1. The Hall–Kier alpha value is -2.86. The summed E-state index contributed by atoms with van der Waals surface area (Å²) in [7, 11) is 0. The molecule has 0 amide bonds. The summed E-state index contributed by atoms with van der Waals surface area (Å²) in [5.41, 5.74) is 6.25. The zero-order valence-corrected chi connectivity index (χ0v) is 13.0. The van der Waals surface area contributed by atoms with E-state index in [1.165, 1.54) is 5.56 Å². The number of anilines is 1. The van der Waals surface area contributed by atoms with Crippen LogP contribution < -0.4 is 5.32 Å². The Balaban J connectivity index is 1.52. The van der Waals surface area contributed by atoms with Gasteiger partial charge in [0.25, 0.3) is 0 Å². The van der Waals surface area contributed by atoms with E-state index in [0.29, 0.717) is 6.54 Å². The average molecular weight is 322 g/mol. The van der Waals surface area contributed by atoms with E-state index < -0.39 is 0 Å². The molecule has 4 aromatic rings. The third kappa shape index (κ3) is 2.89. The fourth-order valence-electron chi connectivity index (χ4n) is 2.45. The minimum atomic E-state index is 0.698. The first-order chi connectivity index (χ1) is 11.4. The van der Waals surface area contributed by atoms with Gasteiger partial charge in [0, 0.05) is 40.4 Å². The normalized spacial score (nSPS) is 10.8. The van der Waals surface area contributed by atoms with Crippen molar-refractivity contribution in [3.05, 3.63) is 65.2 Å². The van der Waals surface area contributed by atoms with Crippen molar-refractivity contribution in [3.63, 3.8) is 0 Å². The summed E-state index contributed by atoms with van der Waals surface area (Å²) in [6, 6.07) is 12.0. The molecule has 0 unspecified atom stereocenters. The first-order valence-electron chi connectivity index (χ1n) is 7.19. The Kier molecular flexibility index (Phi) is 3.65. The van der Waals surface area contributed by atoms with Crippen LogP contribution in [0.1, 0.15) is 5.56 Å². The standard InChI is InChI=1S/C17H14N4OS/c1-2-12(16-4-6-22-21-16)8-15(3-1)18-9-14-10-19-20-17(14)13-5-7-23-11-13/h1-8,10-11,18H,9H2,(H,19,20). The van der Waals surface area contributed by atoms with Crippen LogP contribution in [0.3, 0.4) is 0 Å². The predicted octanol–water partition coefficient (Wildman–Crippen LogP) is 4.41. The summed E-state index contributed by atoms with van der Waals surface area (Å²) in [6.45, 7) is 0.698. The van der Waals surface area contributed by atoms with Crippen LogP contribution in [0, 0.1) is 0 Å². The van der Waals surface area contributed by atoms with E-state index in [4.69, 9.17) is 4.52 Å². The van der Waals surface area contributed by atoms with Gasteiger partial charge in [-0.25, -0.2) is 0 Å². The first kappa shape index (κ1) is 13.8. The largest absolute Gasteiger partial charge is 0.381 e. The van der Waals surface area contributed by atoms with Gasteiger partial charge in [0.15, 0.2) is 0 Å². The molecular weight excluding hydrogens is 308 g/mol. The quantitative estimate of drug-likeness (QED) is 0.571. The molecule has 2 N–H and O–H groups in total. The maximum atomic E-state index is 4.90. The highest BCUT2D eigenvalue weighted by Gasteiger charge is 2.08. The topological polar surface area (TPSA) is 66.7 Å². The molecule has 0 atom stereocenters. The zero-order chi connectivity index (χ0) is 15.5. The van der Waals surface area contributed by atoms with Crippen LogP contribution in [0.5, 0.6) is 0 Å². The minimum absolute atomic E-state index is 0.698. The number of hydrogen-bond donors (Lipinski definition) is 2. The van der Waals surface area contributed by atoms with Crippen LogP contribution in [-0.4, -0.2) is 15.4 Å². The number of nitrogens with one attached hydrogen (secondary N) is 2. The van der Waals surface area contributed by atoms with E-state index in [-0.39, 0.29) is 0 Å². The smallest absolute Gasteiger partial charge is 0.124 e. The van der Waals surface area contributed by atoms with E-state index in [0.717, 1.165) is 28.2 Å². The van der Waals surface area contributed by atoms with Crippen molar-refractivity contribution in [2.75, 3.05) is 5.32 Å². The Labute approximate surface area is 137 Å². The van der Waals surface area contributed by atoms with Crippen molar-refractivity contribution in [2.24, 2.45) is 0 Å². The summed E-state index contributed by atoms with van der Waals surface area (Å²) in [5, 5.41) is 18.8. The Morgan fingerprint density at radius 1 is 1.17 bits per heavy atom. The summed E-state index contributed by atoms with van der Waals surface area (Å²) in [4.78, 5) is 0. The molecule has 0 bridgehead atoms. The van der Waals surface area contributed by atoms with Gasteiger partial charge in [0.05, 0.1) is 11.9 Å². The van der Waals surface area contributed by atoms with Crippen LogP contribution in [-0.2, 0) is 6.54 Å². The van der Waals surface area contributed by atoms with Gasteiger partial charge in [-0.15, -0.1) is 0 Å². The highest BCUT2D eigenvalue weighted by Crippen LogP contribution is 2.25. The van der Waals surface area contributed by atoms with Crippen LogP contribution in [0.25, 0.3) is 22.5 Å². The lowest BCUT2D eigenvalue weighted by Gasteiger charge is -2.07. The number of rotatable bonds is 5. The van der Waals surface area contributed by atoms with E-state index in [2.05, 4.69) is 43.6 Å². The first-order valence-corrected chi connectivity index (χ1v) is 8.14. The van der Waals surface area contributed by atoms with Crippen molar-refractivity contribution >= 4 is 17.0 Å². The Bertz CT molecular complexity index is 881. The monoisotopic (exact) mass is 322 g/mol. The van der Waals surface area contributed by atoms with E-state index in [9.17, 15) is 0 Å². The van der Waals surface area contributed by atoms with Gasteiger partial charge in [-0.2, -0.15) is 16.4 Å². The molecular formula is C17H14N4OS. The van der Waals surface area contributed by atoms with Gasteiger partial charge < -0.3 is 9.84 Å². The lowest BCUT2D eigenvalue weighted by atomic mass is 10.1. The molecule has 0 aliphatic carbocycles. The molecule has 3 heterocycles. The molecule has 5 nitrogen and oxygen atoms in total. The highest BCUT2D eigenvalue weighted by molar-refractivity contribution is 7.08. The molecule has 6 heteroatoms. The Morgan fingerprint density at radius 2 is 2.17 bits per heavy atom. The number of H-pyrrole nitrogens is 1. The van der Waals surface area contributed by atoms with Crippen LogP contribution in [0.15, 0.2) is 64.1 Å². The van der Waals surface area contributed by atoms with Gasteiger partial charge in [-0.3, -0.25) is 5.10 Å². The number of aromatic amines is 1. The van der Waals surface area contributed by atoms with Crippen molar-refractivity contribution in [1.29, 1.82) is 0 Å². The zero-order valence-electron chi connectivity index (χ0n) is 12.2. The maximum absolute atomic E-state index is 4.90. The summed E-state index contributed by atoms with van der Waals surface area (Å²) >= 11 is 1.68. The highest BCUT2D eigenvalue weighted by atomic mass is 32.1. The molecule has 0 aliphatic heterocycles. The second-order valence-electron chi connectivity index (χ2n) is 5.10. The van der Waals surface area contributed by atoms with Crippen LogP contribution >= 0.6 is 11.3 Å². The van der Waals surface area contributed by atoms with Crippen molar-refractivity contribution < 1.29 is 4.52 Å². The molecule has 0 aliphatic rings. The third-order valence-corrected chi connectivity index (χ3v) is 4.29. The van der Waals surface area contributed by atoms with Crippen molar-refractivity contribution in [1.82, 2.24) is 15.4 Å². The van der Waals surface area contributed by atoms with E-state index in [1.807, 2.05) is 30.5 Å². The Morgan fingerprint density at radius 3 is 3.00 bits per heavy atom. The van der Waals surface area contributed by atoms with Gasteiger partial charge in [-0.1, -0.05) is 17.3 Å². The summed E-state index contributed by atoms with van der Waals surface area (Å²) in [5.74, 6) is 0. The molecule has 114 valence electrons. The van der Waals surface area contributed by atoms with E-state index >= 15 is 0 Å². The second kappa shape index (κ2) is 6.10. The third-order valence-electron chi connectivity index (χ3n) is 3.61. The number of aromatic nitrogens is 3.